The molecule has 0 aromatic carbocycles. The second-order valence-corrected chi connectivity index (χ2v) is 6.15. The topological polar surface area (TPSA) is 55.6 Å². The normalized spacial score (nSPS) is 12.4. The van der Waals surface area contributed by atoms with Crippen LogP contribution in [0.15, 0.2) is 0 Å². The Labute approximate surface area is 104 Å². The van der Waals surface area contributed by atoms with Gasteiger partial charge in [0, 0.05) is 6.54 Å². The van der Waals surface area contributed by atoms with E-state index in [0.29, 0.717) is 11.3 Å². The molecule has 0 unspecified atom stereocenters. The van der Waals surface area contributed by atoms with Gasteiger partial charge in [-0.25, -0.2) is 4.68 Å². The highest BCUT2D eigenvalue weighted by atomic mass is 15.5. The maximum Gasteiger partial charge on any atom is 0.165 e. The summed E-state index contributed by atoms with van der Waals surface area (Å²) >= 11 is 0. The molecular formula is C12H25N5. The summed E-state index contributed by atoms with van der Waals surface area (Å²) in [5, 5.41) is 15.2. The van der Waals surface area contributed by atoms with Gasteiger partial charge < -0.3 is 5.32 Å². The van der Waals surface area contributed by atoms with Crippen LogP contribution in [0.2, 0.25) is 0 Å². The number of nitrogens with one attached hydrogen (secondary N) is 1. The van der Waals surface area contributed by atoms with E-state index in [2.05, 4.69) is 55.5 Å². The van der Waals surface area contributed by atoms with Crippen molar-refractivity contribution in [1.82, 2.24) is 25.5 Å². The van der Waals surface area contributed by atoms with Gasteiger partial charge in [-0.1, -0.05) is 34.6 Å². The Morgan fingerprint density at radius 1 is 1.29 bits per heavy atom. The van der Waals surface area contributed by atoms with E-state index in [1.807, 2.05) is 4.68 Å². The number of nitrogens with zero attached hydrogens (tertiary/aromatic N) is 4. The summed E-state index contributed by atoms with van der Waals surface area (Å²) in [6.45, 7) is 13.7. The van der Waals surface area contributed by atoms with Crippen LogP contribution in [0.5, 0.6) is 0 Å². The minimum Gasteiger partial charge on any atom is -0.310 e. The number of aromatic nitrogens is 4. The van der Waals surface area contributed by atoms with Crippen LogP contribution in [-0.4, -0.2) is 26.8 Å². The van der Waals surface area contributed by atoms with Gasteiger partial charge in [0.25, 0.3) is 0 Å². The smallest absolute Gasteiger partial charge is 0.165 e. The van der Waals surface area contributed by atoms with Gasteiger partial charge in [0.15, 0.2) is 5.82 Å². The molecule has 1 aromatic heterocycles. The molecule has 0 bridgehead atoms. The molecule has 5 heteroatoms. The van der Waals surface area contributed by atoms with Crippen molar-refractivity contribution in [2.75, 3.05) is 6.54 Å². The van der Waals surface area contributed by atoms with E-state index < -0.39 is 0 Å². The van der Waals surface area contributed by atoms with Crippen LogP contribution in [0.3, 0.4) is 0 Å². The first-order valence-corrected chi connectivity index (χ1v) is 6.34. The molecule has 1 rings (SSSR count). The van der Waals surface area contributed by atoms with Crippen LogP contribution in [-0.2, 0) is 13.1 Å². The van der Waals surface area contributed by atoms with Gasteiger partial charge in [-0.15, -0.1) is 5.10 Å². The summed E-state index contributed by atoms with van der Waals surface area (Å²) in [6.07, 6.45) is 1.08. The van der Waals surface area contributed by atoms with Gasteiger partial charge in [-0.05, 0) is 34.7 Å². The van der Waals surface area contributed by atoms with Crippen LogP contribution >= 0.6 is 0 Å². The number of tetrazole rings is 1. The van der Waals surface area contributed by atoms with Crippen LogP contribution in [0, 0.1) is 11.3 Å². The average molecular weight is 239 g/mol. The second kappa shape index (κ2) is 6.10. The lowest BCUT2D eigenvalue weighted by Gasteiger charge is -2.17. The monoisotopic (exact) mass is 239 g/mol. The van der Waals surface area contributed by atoms with Crippen molar-refractivity contribution in [3.05, 3.63) is 5.82 Å². The highest BCUT2D eigenvalue weighted by Crippen LogP contribution is 2.19. The minimum absolute atomic E-state index is 0.314. The lowest BCUT2D eigenvalue weighted by atomic mass is 9.92. The zero-order valence-corrected chi connectivity index (χ0v) is 11.7. The maximum atomic E-state index is 4.05. The highest BCUT2D eigenvalue weighted by molar-refractivity contribution is 4.80. The van der Waals surface area contributed by atoms with E-state index in [0.717, 1.165) is 31.9 Å². The van der Waals surface area contributed by atoms with E-state index in [9.17, 15) is 0 Å². The zero-order valence-electron chi connectivity index (χ0n) is 11.7. The van der Waals surface area contributed by atoms with Gasteiger partial charge in [-0.2, -0.15) is 0 Å². The molecule has 0 aliphatic rings. The number of aryl methyl sites for hydroxylation is 1. The Morgan fingerprint density at radius 2 is 2.00 bits per heavy atom. The highest BCUT2D eigenvalue weighted by Gasteiger charge is 2.12. The molecule has 98 valence electrons. The Balaban J connectivity index is 2.43. The third-order valence-electron chi connectivity index (χ3n) is 2.52. The molecule has 1 aromatic rings. The van der Waals surface area contributed by atoms with Gasteiger partial charge in [0.2, 0.25) is 0 Å². The Bertz CT molecular complexity index is 324. The third-order valence-corrected chi connectivity index (χ3v) is 2.52. The average Bonchev–Trinajstić information content (AvgIpc) is 2.61. The molecule has 1 heterocycles. The summed E-state index contributed by atoms with van der Waals surface area (Å²) < 4.78 is 1.90. The van der Waals surface area contributed by atoms with Gasteiger partial charge in [-0.3, -0.25) is 0 Å². The first-order valence-electron chi connectivity index (χ1n) is 6.34. The Hall–Kier alpha value is -0.970. The fourth-order valence-electron chi connectivity index (χ4n) is 1.44. The fraction of sp³-hybridized carbons (Fsp3) is 0.917. The molecule has 1 N–H and O–H groups in total. The Kier molecular flexibility index (Phi) is 5.05. The second-order valence-electron chi connectivity index (χ2n) is 6.15. The number of hydrogen-bond acceptors (Lipinski definition) is 4. The first-order chi connectivity index (χ1) is 7.88. The van der Waals surface area contributed by atoms with Gasteiger partial charge >= 0.3 is 0 Å². The predicted molar refractivity (Wildman–Crippen MR) is 68.4 cm³/mol. The summed E-state index contributed by atoms with van der Waals surface area (Å²) in [6, 6.07) is 0. The van der Waals surface area contributed by atoms with Crippen molar-refractivity contribution >= 4 is 0 Å². The predicted octanol–water partition coefficient (Wildman–Crippen LogP) is 1.85. The van der Waals surface area contributed by atoms with E-state index in [-0.39, 0.29) is 0 Å². The van der Waals surface area contributed by atoms with E-state index in [1.54, 1.807) is 0 Å². The molecule has 0 radical (unpaired) electrons. The molecule has 0 saturated heterocycles. The van der Waals surface area contributed by atoms with Crippen molar-refractivity contribution in [2.24, 2.45) is 11.3 Å². The van der Waals surface area contributed by atoms with Crippen molar-refractivity contribution in [2.45, 2.75) is 54.1 Å². The molecule has 17 heavy (non-hydrogen) atoms. The molecule has 0 atom stereocenters. The van der Waals surface area contributed by atoms with Crippen molar-refractivity contribution in [1.29, 1.82) is 0 Å². The van der Waals surface area contributed by atoms with Crippen LogP contribution in [0.1, 0.15) is 46.9 Å². The van der Waals surface area contributed by atoms with E-state index in [1.165, 1.54) is 0 Å². The van der Waals surface area contributed by atoms with Crippen molar-refractivity contribution in [3.8, 4) is 0 Å². The third kappa shape index (κ3) is 5.77. The molecule has 0 aliphatic heterocycles. The zero-order chi connectivity index (χ0) is 12.9. The van der Waals surface area contributed by atoms with Crippen LogP contribution in [0.25, 0.3) is 0 Å². The summed E-state index contributed by atoms with van der Waals surface area (Å²) in [5.74, 6) is 1.57. The van der Waals surface area contributed by atoms with E-state index >= 15 is 0 Å². The summed E-state index contributed by atoms with van der Waals surface area (Å²) in [5.41, 5.74) is 0.314. The number of rotatable bonds is 6. The Morgan fingerprint density at radius 3 is 2.59 bits per heavy atom. The molecule has 0 spiro atoms. The first kappa shape index (κ1) is 14.1. The van der Waals surface area contributed by atoms with Crippen LogP contribution < -0.4 is 5.32 Å². The molecule has 0 aliphatic carbocycles. The number of hydrogen-bond donors (Lipinski definition) is 1. The standard InChI is InChI=1S/C12H25N5/c1-10(2)8-13-9-11-14-15-16-17(11)7-6-12(3,4)5/h10,13H,6-9H2,1-5H3. The molecule has 0 saturated carbocycles. The van der Waals surface area contributed by atoms with E-state index in [4.69, 9.17) is 0 Å². The SMILES string of the molecule is CC(C)CNCc1nnnn1CCC(C)(C)C. The quantitative estimate of drug-likeness (QED) is 0.823. The fourth-order valence-corrected chi connectivity index (χ4v) is 1.44. The lowest BCUT2D eigenvalue weighted by Crippen LogP contribution is -2.22. The van der Waals surface area contributed by atoms with Crippen LogP contribution in [0.4, 0.5) is 0 Å². The van der Waals surface area contributed by atoms with Crippen molar-refractivity contribution in [3.63, 3.8) is 0 Å². The summed E-state index contributed by atoms with van der Waals surface area (Å²) in [7, 11) is 0. The summed E-state index contributed by atoms with van der Waals surface area (Å²) in [4.78, 5) is 0. The maximum absolute atomic E-state index is 4.05. The lowest BCUT2D eigenvalue weighted by molar-refractivity contribution is 0.334. The molecule has 0 fully saturated rings. The minimum atomic E-state index is 0.314. The molecule has 5 nitrogen and oxygen atoms in total. The molecule has 0 amide bonds. The van der Waals surface area contributed by atoms with Gasteiger partial charge in [0.1, 0.15) is 0 Å². The largest absolute Gasteiger partial charge is 0.310 e. The molecular weight excluding hydrogens is 214 g/mol. The van der Waals surface area contributed by atoms with Gasteiger partial charge in [0.05, 0.1) is 6.54 Å². The van der Waals surface area contributed by atoms with Crippen molar-refractivity contribution < 1.29 is 0 Å².